The summed E-state index contributed by atoms with van der Waals surface area (Å²) in [6.07, 6.45) is 4.90. The molecule has 0 bridgehead atoms. The first kappa shape index (κ1) is 22.0. The molecule has 182 valence electrons. The summed E-state index contributed by atoms with van der Waals surface area (Å²) in [7, 11) is 0. The van der Waals surface area contributed by atoms with E-state index in [2.05, 4.69) is 39.5 Å². The number of imide groups is 1. The molecule has 0 radical (unpaired) electrons. The topological polar surface area (TPSA) is 85.0 Å². The minimum atomic E-state index is -0.590. The maximum absolute atomic E-state index is 13.5. The number of hydrogen-bond donors (Lipinski definition) is 2. The quantitative estimate of drug-likeness (QED) is 0.654. The lowest BCUT2D eigenvalue weighted by Gasteiger charge is -2.43. The van der Waals surface area contributed by atoms with Crippen LogP contribution in [0, 0.1) is 5.92 Å². The Morgan fingerprint density at radius 3 is 2.56 bits per heavy atom. The second-order valence-electron chi connectivity index (χ2n) is 10.9. The van der Waals surface area contributed by atoms with Crippen LogP contribution in [-0.2, 0) is 19.8 Å². The van der Waals surface area contributed by atoms with Gasteiger partial charge in [-0.25, -0.2) is 0 Å². The smallest absolute Gasteiger partial charge is 0.249 e. The van der Waals surface area contributed by atoms with E-state index in [1.807, 2.05) is 6.07 Å². The number of piperazine rings is 1. The van der Waals surface area contributed by atoms with Crippen molar-refractivity contribution in [2.75, 3.05) is 49.1 Å². The van der Waals surface area contributed by atoms with E-state index >= 15 is 0 Å². The van der Waals surface area contributed by atoms with E-state index in [9.17, 15) is 14.4 Å². The van der Waals surface area contributed by atoms with Crippen molar-refractivity contribution in [3.63, 3.8) is 0 Å². The van der Waals surface area contributed by atoms with Crippen molar-refractivity contribution < 1.29 is 14.4 Å². The van der Waals surface area contributed by atoms with E-state index in [-0.39, 0.29) is 24.1 Å². The van der Waals surface area contributed by atoms with Gasteiger partial charge < -0.3 is 10.2 Å². The van der Waals surface area contributed by atoms with Crippen LogP contribution < -0.4 is 20.4 Å². The summed E-state index contributed by atoms with van der Waals surface area (Å²) in [5, 5.41) is 5.88. The summed E-state index contributed by atoms with van der Waals surface area (Å²) in [6, 6.07) is 6.26. The molecule has 2 N–H and O–H groups in total. The molecular weight excluding hydrogens is 430 g/mol. The standard InChI is InChI=1S/C26H35N5O3/c1-17-15-30(13-12-29(17)16-18-6-10-27-11-7-18)19-2-3-21-20(14-19)26(8-9-26)25(34)31(21)22-4-5-23(32)28-24(22)33/h2-3,14,17-18,22,27H,4-13,15-16H2,1H3,(H,28,32,33)/t17-,22?/m0/s1. The Kier molecular flexibility index (Phi) is 5.41. The third-order valence-corrected chi connectivity index (χ3v) is 8.74. The predicted octanol–water partition coefficient (Wildman–Crippen LogP) is 1.38. The first-order valence-corrected chi connectivity index (χ1v) is 13.0. The van der Waals surface area contributed by atoms with E-state index in [1.165, 1.54) is 25.1 Å². The van der Waals surface area contributed by atoms with Crippen molar-refractivity contribution >= 4 is 29.1 Å². The van der Waals surface area contributed by atoms with Gasteiger partial charge in [-0.15, -0.1) is 0 Å². The van der Waals surface area contributed by atoms with E-state index in [1.54, 1.807) is 4.90 Å². The molecule has 8 nitrogen and oxygen atoms in total. The molecule has 1 aliphatic carbocycles. The fourth-order valence-electron chi connectivity index (χ4n) is 6.51. The molecule has 3 amide bonds. The number of fused-ring (bicyclic) bond motifs is 2. The lowest BCUT2D eigenvalue weighted by molar-refractivity contribution is -0.135. The Balaban J connectivity index is 1.20. The highest BCUT2D eigenvalue weighted by Gasteiger charge is 2.61. The highest BCUT2D eigenvalue weighted by molar-refractivity contribution is 6.15. The third-order valence-electron chi connectivity index (χ3n) is 8.74. The van der Waals surface area contributed by atoms with Gasteiger partial charge in [-0.1, -0.05) is 0 Å². The minimum absolute atomic E-state index is 0.0364. The molecule has 4 aliphatic heterocycles. The van der Waals surface area contributed by atoms with Crippen molar-refractivity contribution in [2.24, 2.45) is 5.92 Å². The zero-order chi connectivity index (χ0) is 23.4. The second-order valence-corrected chi connectivity index (χ2v) is 10.9. The maximum atomic E-state index is 13.5. The highest BCUT2D eigenvalue weighted by Crippen LogP contribution is 2.58. The molecule has 2 atom stereocenters. The van der Waals surface area contributed by atoms with Crippen LogP contribution in [0.4, 0.5) is 11.4 Å². The van der Waals surface area contributed by atoms with E-state index < -0.39 is 11.5 Å². The molecule has 0 aromatic heterocycles. The number of anilines is 2. The SMILES string of the molecule is C[C@H]1CN(c2ccc3c(c2)C2(CC2)C(=O)N3C2CCC(=O)NC2=O)CCN1CC1CCNCC1. The lowest BCUT2D eigenvalue weighted by atomic mass is 9.95. The third kappa shape index (κ3) is 3.62. The highest BCUT2D eigenvalue weighted by atomic mass is 16.2. The van der Waals surface area contributed by atoms with Gasteiger partial charge in [-0.05, 0) is 81.8 Å². The Hall–Kier alpha value is -2.45. The molecule has 4 fully saturated rings. The monoisotopic (exact) mass is 465 g/mol. The van der Waals surface area contributed by atoms with Gasteiger partial charge in [0.15, 0.2) is 0 Å². The van der Waals surface area contributed by atoms with Crippen molar-refractivity contribution in [1.82, 2.24) is 15.5 Å². The maximum Gasteiger partial charge on any atom is 0.249 e. The molecule has 8 heteroatoms. The van der Waals surface area contributed by atoms with Crippen LogP contribution in [0.5, 0.6) is 0 Å². The zero-order valence-electron chi connectivity index (χ0n) is 20.0. The summed E-state index contributed by atoms with van der Waals surface area (Å²) in [6.45, 7) is 8.85. The van der Waals surface area contributed by atoms with E-state index in [4.69, 9.17) is 0 Å². The number of nitrogens with one attached hydrogen (secondary N) is 2. The zero-order valence-corrected chi connectivity index (χ0v) is 20.0. The van der Waals surface area contributed by atoms with Crippen molar-refractivity contribution in [3.05, 3.63) is 23.8 Å². The van der Waals surface area contributed by atoms with Gasteiger partial charge in [0, 0.05) is 50.0 Å². The largest absolute Gasteiger partial charge is 0.369 e. The number of carbonyl (C=O) groups excluding carboxylic acids is 3. The van der Waals surface area contributed by atoms with Crippen LogP contribution in [-0.4, -0.2) is 74.0 Å². The number of carbonyl (C=O) groups is 3. The van der Waals surface area contributed by atoms with Crippen LogP contribution >= 0.6 is 0 Å². The summed E-state index contributed by atoms with van der Waals surface area (Å²) >= 11 is 0. The molecule has 34 heavy (non-hydrogen) atoms. The van der Waals surface area contributed by atoms with Gasteiger partial charge in [0.2, 0.25) is 17.7 Å². The summed E-state index contributed by atoms with van der Waals surface area (Å²) in [5.74, 6) is 0.234. The predicted molar refractivity (Wildman–Crippen MR) is 130 cm³/mol. The van der Waals surface area contributed by atoms with Crippen LogP contribution in [0.15, 0.2) is 18.2 Å². The Bertz CT molecular complexity index is 1020. The average molecular weight is 466 g/mol. The van der Waals surface area contributed by atoms with Crippen LogP contribution in [0.25, 0.3) is 0 Å². The molecule has 5 aliphatic rings. The fourth-order valence-corrected chi connectivity index (χ4v) is 6.51. The summed E-state index contributed by atoms with van der Waals surface area (Å²) < 4.78 is 0. The Labute approximate surface area is 201 Å². The van der Waals surface area contributed by atoms with E-state index in [0.717, 1.165) is 62.7 Å². The van der Waals surface area contributed by atoms with Gasteiger partial charge >= 0.3 is 0 Å². The number of piperidine rings is 2. The van der Waals surface area contributed by atoms with Crippen LogP contribution in [0.1, 0.15) is 51.0 Å². The number of amides is 3. The van der Waals surface area contributed by atoms with Crippen molar-refractivity contribution in [1.29, 1.82) is 0 Å². The minimum Gasteiger partial charge on any atom is -0.369 e. The van der Waals surface area contributed by atoms with Crippen molar-refractivity contribution in [3.8, 4) is 0 Å². The first-order valence-electron chi connectivity index (χ1n) is 13.0. The number of nitrogens with zero attached hydrogens (tertiary/aromatic N) is 3. The molecular formula is C26H35N5O3. The van der Waals surface area contributed by atoms with Gasteiger partial charge in [0.1, 0.15) is 6.04 Å². The average Bonchev–Trinajstić information content (AvgIpc) is 3.60. The number of benzene rings is 1. The van der Waals surface area contributed by atoms with Crippen LogP contribution in [0.2, 0.25) is 0 Å². The Morgan fingerprint density at radius 1 is 1.06 bits per heavy atom. The van der Waals surface area contributed by atoms with Gasteiger partial charge in [0.25, 0.3) is 0 Å². The lowest BCUT2D eigenvalue weighted by Crippen LogP contribution is -2.54. The van der Waals surface area contributed by atoms with Crippen LogP contribution in [0.3, 0.4) is 0 Å². The van der Waals surface area contributed by atoms with E-state index in [0.29, 0.717) is 12.5 Å². The first-order chi connectivity index (χ1) is 16.5. The Morgan fingerprint density at radius 2 is 1.85 bits per heavy atom. The molecule has 6 rings (SSSR count). The van der Waals surface area contributed by atoms with Gasteiger partial charge in [0.05, 0.1) is 5.41 Å². The normalized spacial score (nSPS) is 29.5. The van der Waals surface area contributed by atoms with Crippen molar-refractivity contribution in [2.45, 2.75) is 62.9 Å². The molecule has 3 saturated heterocycles. The second kappa shape index (κ2) is 8.34. The molecule has 1 unspecified atom stereocenters. The molecule has 4 heterocycles. The van der Waals surface area contributed by atoms with Gasteiger partial charge in [-0.2, -0.15) is 0 Å². The van der Waals surface area contributed by atoms with Gasteiger partial charge in [-0.3, -0.25) is 29.5 Å². The fraction of sp³-hybridized carbons (Fsp3) is 0.654. The number of rotatable bonds is 4. The molecule has 1 aromatic carbocycles. The molecule has 1 spiro atoms. The summed E-state index contributed by atoms with van der Waals surface area (Å²) in [4.78, 5) is 44.5. The molecule has 1 aromatic rings. The molecule has 1 saturated carbocycles. The number of hydrogen-bond acceptors (Lipinski definition) is 6. The summed E-state index contributed by atoms with van der Waals surface area (Å²) in [5.41, 5.74) is 2.65.